The van der Waals surface area contributed by atoms with Crippen LogP contribution in [0.15, 0.2) is 78.9 Å². The molecule has 0 bridgehead atoms. The summed E-state index contributed by atoms with van der Waals surface area (Å²) in [5, 5.41) is 2.77. The Labute approximate surface area is 199 Å². The molecular weight excluding hydrogens is 430 g/mol. The SMILES string of the molecule is COc1ccccc1C(=O)OCC(=O)Nc1ccc(N2CCN(Cc3ccccc3)CC2)cc1. The zero-order valence-corrected chi connectivity index (χ0v) is 19.3. The molecule has 1 aliphatic rings. The Hall–Kier alpha value is -3.84. The van der Waals surface area contributed by atoms with E-state index in [9.17, 15) is 9.59 Å². The van der Waals surface area contributed by atoms with E-state index in [1.807, 2.05) is 30.3 Å². The number of benzene rings is 3. The molecule has 1 amide bonds. The molecule has 0 radical (unpaired) electrons. The summed E-state index contributed by atoms with van der Waals surface area (Å²) in [6.07, 6.45) is 0. The van der Waals surface area contributed by atoms with Gasteiger partial charge in [0.1, 0.15) is 11.3 Å². The number of hydrogen-bond acceptors (Lipinski definition) is 6. The van der Waals surface area contributed by atoms with Gasteiger partial charge in [-0.05, 0) is 42.0 Å². The number of nitrogens with one attached hydrogen (secondary N) is 1. The minimum Gasteiger partial charge on any atom is -0.496 e. The van der Waals surface area contributed by atoms with Crippen LogP contribution in [0.4, 0.5) is 11.4 Å². The Morgan fingerprint density at radius 1 is 0.853 bits per heavy atom. The van der Waals surface area contributed by atoms with E-state index in [-0.39, 0.29) is 12.2 Å². The van der Waals surface area contributed by atoms with Gasteiger partial charge in [-0.2, -0.15) is 0 Å². The summed E-state index contributed by atoms with van der Waals surface area (Å²) in [5.41, 5.74) is 3.40. The molecule has 7 nitrogen and oxygen atoms in total. The number of esters is 1. The standard InChI is InChI=1S/C27H29N3O4/c1-33-25-10-6-5-9-24(25)27(32)34-20-26(31)28-22-11-13-23(14-12-22)30-17-15-29(16-18-30)19-21-7-3-2-4-8-21/h2-14H,15-20H2,1H3,(H,28,31). The van der Waals surface area contributed by atoms with E-state index >= 15 is 0 Å². The maximum absolute atomic E-state index is 12.2. The van der Waals surface area contributed by atoms with E-state index in [0.717, 1.165) is 38.4 Å². The normalized spacial score (nSPS) is 13.9. The maximum Gasteiger partial charge on any atom is 0.342 e. The first-order valence-corrected chi connectivity index (χ1v) is 11.3. The third-order valence-electron chi connectivity index (χ3n) is 5.80. The van der Waals surface area contributed by atoms with Gasteiger partial charge in [0.15, 0.2) is 6.61 Å². The molecule has 1 heterocycles. The van der Waals surface area contributed by atoms with Crippen LogP contribution in [0.5, 0.6) is 5.75 Å². The summed E-state index contributed by atoms with van der Waals surface area (Å²) in [7, 11) is 1.48. The fourth-order valence-corrected chi connectivity index (χ4v) is 3.98. The van der Waals surface area contributed by atoms with E-state index in [1.54, 1.807) is 24.3 Å². The lowest BCUT2D eigenvalue weighted by atomic mass is 10.2. The number of anilines is 2. The lowest BCUT2D eigenvalue weighted by Gasteiger charge is -2.36. The van der Waals surface area contributed by atoms with Crippen molar-refractivity contribution in [3.63, 3.8) is 0 Å². The summed E-state index contributed by atoms with van der Waals surface area (Å²) < 4.78 is 10.3. The second-order valence-electron chi connectivity index (χ2n) is 8.12. The third-order valence-corrected chi connectivity index (χ3v) is 5.80. The molecule has 176 valence electrons. The number of methoxy groups -OCH3 is 1. The molecule has 0 aliphatic carbocycles. The van der Waals surface area contributed by atoms with Gasteiger partial charge in [0, 0.05) is 44.1 Å². The Bertz CT molecular complexity index is 1090. The van der Waals surface area contributed by atoms with Crippen molar-refractivity contribution < 1.29 is 19.1 Å². The average Bonchev–Trinajstić information content (AvgIpc) is 2.89. The summed E-state index contributed by atoms with van der Waals surface area (Å²) in [4.78, 5) is 29.3. The monoisotopic (exact) mass is 459 g/mol. The predicted molar refractivity (Wildman–Crippen MR) is 132 cm³/mol. The van der Waals surface area contributed by atoms with Gasteiger partial charge in [-0.25, -0.2) is 4.79 Å². The van der Waals surface area contributed by atoms with Gasteiger partial charge in [-0.3, -0.25) is 9.69 Å². The van der Waals surface area contributed by atoms with Gasteiger partial charge in [0.2, 0.25) is 0 Å². The zero-order valence-electron chi connectivity index (χ0n) is 19.3. The summed E-state index contributed by atoms with van der Waals surface area (Å²) in [6.45, 7) is 4.52. The molecule has 1 saturated heterocycles. The van der Waals surface area contributed by atoms with Crippen LogP contribution >= 0.6 is 0 Å². The highest BCUT2D eigenvalue weighted by atomic mass is 16.5. The van der Waals surface area contributed by atoms with Gasteiger partial charge in [0.05, 0.1) is 7.11 Å². The quantitative estimate of drug-likeness (QED) is 0.517. The van der Waals surface area contributed by atoms with Crippen molar-refractivity contribution in [2.75, 3.05) is 50.1 Å². The predicted octanol–water partition coefficient (Wildman–Crippen LogP) is 3.81. The van der Waals surface area contributed by atoms with Crippen LogP contribution < -0.4 is 15.0 Å². The topological polar surface area (TPSA) is 71.1 Å². The molecule has 0 atom stereocenters. The van der Waals surface area contributed by atoms with Crippen LogP contribution in [0.3, 0.4) is 0 Å². The highest BCUT2D eigenvalue weighted by molar-refractivity contribution is 5.96. The van der Waals surface area contributed by atoms with Crippen LogP contribution in [0.2, 0.25) is 0 Å². The number of carbonyl (C=O) groups excluding carboxylic acids is 2. The second-order valence-corrected chi connectivity index (χ2v) is 8.12. The minimum absolute atomic E-state index is 0.283. The number of hydrogen-bond donors (Lipinski definition) is 1. The molecule has 3 aromatic rings. The van der Waals surface area contributed by atoms with Gasteiger partial charge < -0.3 is 19.7 Å². The number of nitrogens with zero attached hydrogens (tertiary/aromatic N) is 2. The van der Waals surface area contributed by atoms with Gasteiger partial charge >= 0.3 is 5.97 Å². The Balaban J connectivity index is 1.23. The number of amides is 1. The van der Waals surface area contributed by atoms with Crippen LogP contribution in [-0.4, -0.2) is 56.7 Å². The lowest BCUT2D eigenvalue weighted by Crippen LogP contribution is -2.45. The van der Waals surface area contributed by atoms with E-state index in [2.05, 4.69) is 39.4 Å². The second kappa shape index (κ2) is 11.3. The molecule has 0 aromatic heterocycles. The van der Waals surface area contributed by atoms with Crippen molar-refractivity contribution in [2.24, 2.45) is 0 Å². The highest BCUT2D eigenvalue weighted by Crippen LogP contribution is 2.21. The first-order chi connectivity index (χ1) is 16.6. The van der Waals surface area contributed by atoms with Crippen molar-refractivity contribution in [2.45, 2.75) is 6.54 Å². The molecule has 4 rings (SSSR count). The van der Waals surface area contributed by atoms with Crippen LogP contribution in [0.1, 0.15) is 15.9 Å². The molecule has 0 spiro atoms. The van der Waals surface area contributed by atoms with E-state index in [0.29, 0.717) is 11.4 Å². The summed E-state index contributed by atoms with van der Waals surface area (Å²) >= 11 is 0. The summed E-state index contributed by atoms with van der Waals surface area (Å²) in [5.74, 6) is -0.593. The Kier molecular flexibility index (Phi) is 7.78. The minimum atomic E-state index is -0.602. The Morgan fingerprint density at radius 3 is 2.24 bits per heavy atom. The number of piperazine rings is 1. The molecule has 1 fully saturated rings. The fourth-order valence-electron chi connectivity index (χ4n) is 3.98. The van der Waals surface area contributed by atoms with Gasteiger partial charge in [-0.15, -0.1) is 0 Å². The molecule has 1 N–H and O–H groups in total. The number of para-hydroxylation sites is 1. The van der Waals surface area contributed by atoms with Crippen LogP contribution in [0, 0.1) is 0 Å². The molecule has 3 aromatic carbocycles. The van der Waals surface area contributed by atoms with Crippen molar-refractivity contribution in [3.8, 4) is 5.75 Å². The summed E-state index contributed by atoms with van der Waals surface area (Å²) in [6, 6.07) is 25.0. The molecule has 1 aliphatic heterocycles. The molecule has 0 saturated carbocycles. The van der Waals surface area contributed by atoms with Crippen LogP contribution in [0.25, 0.3) is 0 Å². The fraction of sp³-hybridized carbons (Fsp3) is 0.259. The largest absolute Gasteiger partial charge is 0.496 e. The molecule has 0 unspecified atom stereocenters. The first-order valence-electron chi connectivity index (χ1n) is 11.3. The van der Waals surface area contributed by atoms with Crippen molar-refractivity contribution in [1.82, 2.24) is 4.90 Å². The van der Waals surface area contributed by atoms with Crippen molar-refractivity contribution >= 4 is 23.3 Å². The molecular formula is C27H29N3O4. The zero-order chi connectivity index (χ0) is 23.8. The van der Waals surface area contributed by atoms with Gasteiger partial charge in [-0.1, -0.05) is 42.5 Å². The number of carbonyl (C=O) groups is 2. The molecule has 7 heteroatoms. The lowest BCUT2D eigenvalue weighted by molar-refractivity contribution is -0.119. The maximum atomic E-state index is 12.2. The first kappa shape index (κ1) is 23.3. The van der Waals surface area contributed by atoms with Crippen LogP contribution in [-0.2, 0) is 16.1 Å². The Morgan fingerprint density at radius 2 is 1.53 bits per heavy atom. The average molecular weight is 460 g/mol. The number of rotatable bonds is 8. The smallest absolute Gasteiger partial charge is 0.342 e. The van der Waals surface area contributed by atoms with E-state index < -0.39 is 11.9 Å². The van der Waals surface area contributed by atoms with Crippen molar-refractivity contribution in [3.05, 3.63) is 90.0 Å². The third kappa shape index (κ3) is 6.14. The molecule has 34 heavy (non-hydrogen) atoms. The number of ether oxygens (including phenoxy) is 2. The highest BCUT2D eigenvalue weighted by Gasteiger charge is 2.18. The van der Waals surface area contributed by atoms with E-state index in [1.165, 1.54) is 12.7 Å². The van der Waals surface area contributed by atoms with E-state index in [4.69, 9.17) is 9.47 Å². The van der Waals surface area contributed by atoms with Crippen molar-refractivity contribution in [1.29, 1.82) is 0 Å². The van der Waals surface area contributed by atoms with Gasteiger partial charge in [0.25, 0.3) is 5.91 Å².